The van der Waals surface area contributed by atoms with Crippen molar-refractivity contribution in [2.75, 3.05) is 0 Å². The van der Waals surface area contributed by atoms with Gasteiger partial charge in [-0.1, -0.05) is 65.4 Å². The molecule has 0 spiro atoms. The molecule has 0 fully saturated rings. The van der Waals surface area contributed by atoms with Crippen LogP contribution in [0.2, 0.25) is 0 Å². The fourth-order valence-electron chi connectivity index (χ4n) is 3.61. The van der Waals surface area contributed by atoms with Crippen LogP contribution in [-0.4, -0.2) is 0 Å². The lowest BCUT2D eigenvalue weighted by Crippen LogP contribution is -2.05. The second kappa shape index (κ2) is 9.28. The van der Waals surface area contributed by atoms with Crippen LogP contribution in [0.5, 0.6) is 0 Å². The first-order valence-electron chi connectivity index (χ1n) is 9.12. The van der Waals surface area contributed by atoms with Gasteiger partial charge in [0.1, 0.15) is 0 Å². The molecule has 0 N–H and O–H groups in total. The van der Waals surface area contributed by atoms with Crippen molar-refractivity contribution in [2.45, 2.75) is 98.8 Å². The molecule has 0 aliphatic rings. The second-order valence-electron chi connectivity index (χ2n) is 6.87. The topological polar surface area (TPSA) is 0 Å². The Kier molecular flexibility index (Phi) is 8.07. The molecule has 0 amide bonds. The summed E-state index contributed by atoms with van der Waals surface area (Å²) in [5.74, 6) is 0.710. The van der Waals surface area contributed by atoms with E-state index in [0.29, 0.717) is 5.92 Å². The monoisotopic (exact) mass is 288 g/mol. The van der Waals surface area contributed by atoms with Gasteiger partial charge in [-0.3, -0.25) is 0 Å². The first kappa shape index (κ1) is 18.3. The molecule has 0 heteroatoms. The van der Waals surface area contributed by atoms with Crippen LogP contribution in [0.4, 0.5) is 0 Å². The van der Waals surface area contributed by atoms with E-state index in [2.05, 4.69) is 47.6 Å². The molecule has 1 aromatic carbocycles. The molecule has 0 heterocycles. The Bertz CT molecular complexity index is 428. The van der Waals surface area contributed by atoms with Gasteiger partial charge in [0.2, 0.25) is 0 Å². The highest BCUT2D eigenvalue weighted by Gasteiger charge is 2.15. The maximum Gasteiger partial charge on any atom is -0.0185 e. The molecule has 0 bridgehead atoms. The minimum absolute atomic E-state index is 0.710. The maximum atomic E-state index is 2.43. The van der Waals surface area contributed by atoms with E-state index in [0.717, 1.165) is 0 Å². The SMILES string of the molecule is CCCCCCCC(C)c1c(C)c(C)cc(CCC)c1C. The molecular weight excluding hydrogens is 252 g/mol. The van der Waals surface area contributed by atoms with Gasteiger partial charge in [-0.2, -0.15) is 0 Å². The molecule has 120 valence electrons. The van der Waals surface area contributed by atoms with Crippen molar-refractivity contribution in [3.8, 4) is 0 Å². The highest BCUT2D eigenvalue weighted by atomic mass is 14.2. The molecular formula is C21H36. The van der Waals surface area contributed by atoms with Gasteiger partial charge >= 0.3 is 0 Å². The molecule has 1 atom stereocenters. The van der Waals surface area contributed by atoms with E-state index >= 15 is 0 Å². The molecule has 0 saturated carbocycles. The summed E-state index contributed by atoms with van der Waals surface area (Å²) in [4.78, 5) is 0. The summed E-state index contributed by atoms with van der Waals surface area (Å²) in [6.07, 6.45) is 10.8. The van der Waals surface area contributed by atoms with Crippen molar-refractivity contribution in [1.82, 2.24) is 0 Å². The minimum atomic E-state index is 0.710. The van der Waals surface area contributed by atoms with Crippen LogP contribution in [0, 0.1) is 20.8 Å². The van der Waals surface area contributed by atoms with Gasteiger partial charge in [0.05, 0.1) is 0 Å². The molecule has 0 aliphatic carbocycles. The Morgan fingerprint density at radius 3 is 2.14 bits per heavy atom. The number of benzene rings is 1. The van der Waals surface area contributed by atoms with E-state index in [1.54, 1.807) is 16.7 Å². The molecule has 1 rings (SSSR count). The fourth-order valence-corrected chi connectivity index (χ4v) is 3.61. The number of aryl methyl sites for hydroxylation is 2. The minimum Gasteiger partial charge on any atom is -0.0654 e. The number of rotatable bonds is 9. The van der Waals surface area contributed by atoms with Crippen molar-refractivity contribution in [1.29, 1.82) is 0 Å². The van der Waals surface area contributed by atoms with Crippen LogP contribution in [-0.2, 0) is 6.42 Å². The van der Waals surface area contributed by atoms with E-state index in [1.807, 2.05) is 0 Å². The lowest BCUT2D eigenvalue weighted by molar-refractivity contribution is 0.564. The normalized spacial score (nSPS) is 12.7. The lowest BCUT2D eigenvalue weighted by atomic mass is 9.83. The van der Waals surface area contributed by atoms with E-state index in [-0.39, 0.29) is 0 Å². The summed E-state index contributed by atoms with van der Waals surface area (Å²) in [6.45, 7) is 14.0. The van der Waals surface area contributed by atoms with Crippen molar-refractivity contribution >= 4 is 0 Å². The van der Waals surface area contributed by atoms with Gasteiger partial charge in [-0.15, -0.1) is 0 Å². The summed E-state index contributed by atoms with van der Waals surface area (Å²) < 4.78 is 0. The Morgan fingerprint density at radius 2 is 1.52 bits per heavy atom. The zero-order valence-electron chi connectivity index (χ0n) is 15.3. The molecule has 0 radical (unpaired) electrons. The Morgan fingerprint density at radius 1 is 0.857 bits per heavy atom. The molecule has 21 heavy (non-hydrogen) atoms. The summed E-state index contributed by atoms with van der Waals surface area (Å²) in [7, 11) is 0. The predicted octanol–water partition coefficient (Wildman–Crippen LogP) is 7.03. The quantitative estimate of drug-likeness (QED) is 0.428. The lowest BCUT2D eigenvalue weighted by Gasteiger charge is -2.22. The van der Waals surface area contributed by atoms with Gasteiger partial charge in [0, 0.05) is 0 Å². The second-order valence-corrected chi connectivity index (χ2v) is 6.87. The first-order chi connectivity index (χ1) is 10.0. The van der Waals surface area contributed by atoms with Crippen LogP contribution in [0.25, 0.3) is 0 Å². The molecule has 0 aromatic heterocycles. The third-order valence-corrected chi connectivity index (χ3v) is 5.02. The summed E-state index contributed by atoms with van der Waals surface area (Å²) in [5, 5.41) is 0. The standard InChI is InChI=1S/C21H36/c1-7-9-10-11-12-14-16(3)21-18(5)17(4)15-20(13-8-2)19(21)6/h15-16H,7-14H2,1-6H3. The van der Waals surface area contributed by atoms with E-state index in [4.69, 9.17) is 0 Å². The summed E-state index contributed by atoms with van der Waals surface area (Å²) in [5.41, 5.74) is 7.81. The molecule has 0 nitrogen and oxygen atoms in total. The van der Waals surface area contributed by atoms with Gasteiger partial charge in [-0.05, 0) is 67.3 Å². The zero-order chi connectivity index (χ0) is 15.8. The Balaban J connectivity index is 2.80. The molecule has 0 saturated heterocycles. The zero-order valence-corrected chi connectivity index (χ0v) is 15.3. The number of unbranched alkanes of at least 4 members (excludes halogenated alkanes) is 4. The van der Waals surface area contributed by atoms with Crippen molar-refractivity contribution in [2.24, 2.45) is 0 Å². The molecule has 0 aliphatic heterocycles. The van der Waals surface area contributed by atoms with Crippen LogP contribution >= 0.6 is 0 Å². The highest BCUT2D eigenvalue weighted by molar-refractivity contribution is 5.46. The van der Waals surface area contributed by atoms with Crippen molar-refractivity contribution in [3.05, 3.63) is 33.9 Å². The van der Waals surface area contributed by atoms with Gasteiger partial charge in [0.15, 0.2) is 0 Å². The average Bonchev–Trinajstić information content (AvgIpc) is 2.45. The van der Waals surface area contributed by atoms with Crippen LogP contribution < -0.4 is 0 Å². The first-order valence-corrected chi connectivity index (χ1v) is 9.12. The fraction of sp³-hybridized carbons (Fsp3) is 0.714. The maximum absolute atomic E-state index is 2.43. The van der Waals surface area contributed by atoms with E-state index in [9.17, 15) is 0 Å². The molecule has 1 aromatic rings. The van der Waals surface area contributed by atoms with E-state index < -0.39 is 0 Å². The largest absolute Gasteiger partial charge is 0.0654 e. The predicted molar refractivity (Wildman–Crippen MR) is 96.4 cm³/mol. The van der Waals surface area contributed by atoms with Crippen LogP contribution in [0.3, 0.4) is 0 Å². The Hall–Kier alpha value is -0.780. The van der Waals surface area contributed by atoms with Gasteiger partial charge in [0.25, 0.3) is 0 Å². The van der Waals surface area contributed by atoms with Crippen LogP contribution in [0.15, 0.2) is 6.07 Å². The smallest absolute Gasteiger partial charge is 0.0185 e. The van der Waals surface area contributed by atoms with Crippen LogP contribution in [0.1, 0.15) is 99.5 Å². The molecule has 1 unspecified atom stereocenters. The third kappa shape index (κ3) is 5.16. The Labute approximate surface area is 133 Å². The summed E-state index contributed by atoms with van der Waals surface area (Å²) >= 11 is 0. The number of hydrogen-bond acceptors (Lipinski definition) is 0. The van der Waals surface area contributed by atoms with Crippen molar-refractivity contribution in [3.63, 3.8) is 0 Å². The summed E-state index contributed by atoms with van der Waals surface area (Å²) in [6, 6.07) is 2.42. The van der Waals surface area contributed by atoms with Crippen molar-refractivity contribution < 1.29 is 0 Å². The third-order valence-electron chi connectivity index (χ3n) is 5.02. The van der Waals surface area contributed by atoms with E-state index in [1.165, 1.54) is 62.5 Å². The number of hydrogen-bond donors (Lipinski definition) is 0. The van der Waals surface area contributed by atoms with Gasteiger partial charge in [-0.25, -0.2) is 0 Å². The average molecular weight is 289 g/mol. The van der Waals surface area contributed by atoms with Gasteiger partial charge < -0.3 is 0 Å². The highest BCUT2D eigenvalue weighted by Crippen LogP contribution is 2.32.